The number of ether oxygens (including phenoxy) is 1. The fourth-order valence-electron chi connectivity index (χ4n) is 4.34. The normalized spacial score (nSPS) is 11.5. The molecule has 0 saturated heterocycles. The zero-order valence-corrected chi connectivity index (χ0v) is 20.7. The van der Waals surface area contributed by atoms with Gasteiger partial charge in [-0.05, 0) is 35.7 Å². The number of pyridine rings is 2. The average molecular weight is 506 g/mol. The molecule has 0 atom stereocenters. The second-order valence-electron chi connectivity index (χ2n) is 8.72. The summed E-state index contributed by atoms with van der Waals surface area (Å²) in [6, 6.07) is 11.8. The molecule has 4 heterocycles. The molecular formula is C27H25F2N5OS. The van der Waals surface area contributed by atoms with Crippen LogP contribution in [0.15, 0.2) is 66.4 Å². The van der Waals surface area contributed by atoms with Crippen LogP contribution in [0.1, 0.15) is 42.3 Å². The van der Waals surface area contributed by atoms with E-state index in [0.29, 0.717) is 36.1 Å². The van der Waals surface area contributed by atoms with Gasteiger partial charge in [-0.2, -0.15) is 0 Å². The Morgan fingerprint density at radius 1 is 1.00 bits per heavy atom. The van der Waals surface area contributed by atoms with Crippen LogP contribution in [0.4, 0.5) is 8.78 Å². The largest absolute Gasteiger partial charge is 0.429 e. The van der Waals surface area contributed by atoms with Crippen molar-refractivity contribution >= 4 is 22.4 Å². The summed E-state index contributed by atoms with van der Waals surface area (Å²) in [6.45, 7) is 5.78. The Balaban J connectivity index is 1.52. The van der Waals surface area contributed by atoms with Crippen molar-refractivity contribution in [3.8, 4) is 10.9 Å². The highest BCUT2D eigenvalue weighted by atomic mass is 32.1. The SMILES string of the molecule is CC(C)c1c(CNCc2ccc(F)c(F)c2)c2ncc(Oc3nccs3)cc2n1Cc1ccccn1. The number of nitrogens with one attached hydrogen (secondary N) is 1. The Labute approximate surface area is 211 Å². The van der Waals surface area contributed by atoms with Crippen LogP contribution in [0.3, 0.4) is 0 Å². The highest BCUT2D eigenvalue weighted by Gasteiger charge is 2.22. The third-order valence-electron chi connectivity index (χ3n) is 5.84. The Morgan fingerprint density at radius 2 is 1.89 bits per heavy atom. The van der Waals surface area contributed by atoms with Crippen molar-refractivity contribution in [3.05, 3.63) is 101 Å². The van der Waals surface area contributed by atoms with Gasteiger partial charge in [-0.1, -0.05) is 37.3 Å². The summed E-state index contributed by atoms with van der Waals surface area (Å²) in [6.07, 6.45) is 5.19. The molecule has 0 aliphatic heterocycles. The van der Waals surface area contributed by atoms with Crippen molar-refractivity contribution in [3.63, 3.8) is 0 Å². The summed E-state index contributed by atoms with van der Waals surface area (Å²) in [5.74, 6) is -0.892. The van der Waals surface area contributed by atoms with E-state index in [9.17, 15) is 8.78 Å². The highest BCUT2D eigenvalue weighted by Crippen LogP contribution is 2.34. The van der Waals surface area contributed by atoms with Gasteiger partial charge in [0.05, 0.1) is 29.5 Å². The summed E-state index contributed by atoms with van der Waals surface area (Å²) < 4.78 is 35.1. The predicted molar refractivity (Wildman–Crippen MR) is 136 cm³/mol. The Bertz CT molecular complexity index is 1470. The number of fused-ring (bicyclic) bond motifs is 1. The van der Waals surface area contributed by atoms with Gasteiger partial charge in [0, 0.05) is 48.2 Å². The second-order valence-corrected chi connectivity index (χ2v) is 9.57. The lowest BCUT2D eigenvalue weighted by Gasteiger charge is -2.15. The monoisotopic (exact) mass is 505 g/mol. The van der Waals surface area contributed by atoms with E-state index in [2.05, 4.69) is 33.7 Å². The van der Waals surface area contributed by atoms with Crippen LogP contribution >= 0.6 is 11.3 Å². The number of hydrogen-bond donors (Lipinski definition) is 1. The fraction of sp³-hybridized carbons (Fsp3) is 0.222. The van der Waals surface area contributed by atoms with E-state index in [0.717, 1.165) is 34.1 Å². The van der Waals surface area contributed by atoms with Gasteiger partial charge >= 0.3 is 0 Å². The van der Waals surface area contributed by atoms with E-state index in [4.69, 9.17) is 9.72 Å². The molecule has 0 aliphatic rings. The molecule has 0 spiro atoms. The molecule has 9 heteroatoms. The van der Waals surface area contributed by atoms with Gasteiger partial charge < -0.3 is 14.6 Å². The van der Waals surface area contributed by atoms with Gasteiger partial charge in [-0.3, -0.25) is 9.97 Å². The molecule has 184 valence electrons. The maximum atomic E-state index is 13.7. The zero-order valence-electron chi connectivity index (χ0n) is 19.9. The minimum absolute atomic E-state index is 0.200. The molecule has 1 aromatic carbocycles. The highest BCUT2D eigenvalue weighted by molar-refractivity contribution is 7.11. The standard InChI is InChI=1S/C27H25F2N5OS/c1-17(2)26-21(15-30-13-18-6-7-22(28)23(29)11-18)25-24(34(26)16-19-5-3-4-8-31-19)12-20(14-33-25)35-27-32-9-10-36-27/h3-12,14,17,30H,13,15-16H2,1-2H3. The van der Waals surface area contributed by atoms with E-state index in [-0.39, 0.29) is 5.92 Å². The first-order chi connectivity index (χ1) is 17.5. The van der Waals surface area contributed by atoms with Crippen LogP contribution in [0.25, 0.3) is 11.0 Å². The van der Waals surface area contributed by atoms with Gasteiger partial charge in [0.1, 0.15) is 0 Å². The first-order valence-corrected chi connectivity index (χ1v) is 12.5. The van der Waals surface area contributed by atoms with E-state index < -0.39 is 11.6 Å². The molecule has 0 aliphatic carbocycles. The van der Waals surface area contributed by atoms with Crippen LogP contribution < -0.4 is 10.1 Å². The summed E-state index contributed by atoms with van der Waals surface area (Å²) in [7, 11) is 0. The number of rotatable bonds is 9. The first kappa shape index (κ1) is 24.0. The maximum Gasteiger partial charge on any atom is 0.278 e. The molecule has 4 aromatic heterocycles. The molecule has 36 heavy (non-hydrogen) atoms. The number of aromatic nitrogens is 4. The molecule has 0 amide bonds. The van der Waals surface area contributed by atoms with Crippen molar-refractivity contribution < 1.29 is 13.5 Å². The first-order valence-electron chi connectivity index (χ1n) is 11.6. The lowest BCUT2D eigenvalue weighted by atomic mass is 10.0. The smallest absolute Gasteiger partial charge is 0.278 e. The summed E-state index contributed by atoms with van der Waals surface area (Å²) in [5, 5.41) is 5.79. The Kier molecular flexibility index (Phi) is 7.02. The molecule has 0 bridgehead atoms. The zero-order chi connectivity index (χ0) is 25.1. The summed E-state index contributed by atoms with van der Waals surface area (Å²) in [5.41, 5.74) is 5.58. The topological polar surface area (TPSA) is 64.9 Å². The van der Waals surface area contributed by atoms with Crippen LogP contribution in [-0.4, -0.2) is 19.5 Å². The van der Waals surface area contributed by atoms with Crippen LogP contribution in [0, 0.1) is 11.6 Å². The van der Waals surface area contributed by atoms with Crippen LogP contribution in [0.5, 0.6) is 10.9 Å². The average Bonchev–Trinajstić information content (AvgIpc) is 3.48. The fourth-order valence-corrected chi connectivity index (χ4v) is 4.85. The molecule has 5 aromatic rings. The third-order valence-corrected chi connectivity index (χ3v) is 6.49. The molecule has 1 N–H and O–H groups in total. The number of benzene rings is 1. The summed E-state index contributed by atoms with van der Waals surface area (Å²) in [4.78, 5) is 13.5. The van der Waals surface area contributed by atoms with Gasteiger partial charge in [-0.25, -0.2) is 13.8 Å². The van der Waals surface area contributed by atoms with E-state index in [1.807, 2.05) is 29.6 Å². The van der Waals surface area contributed by atoms with E-state index in [1.165, 1.54) is 17.4 Å². The van der Waals surface area contributed by atoms with Gasteiger partial charge in [0.15, 0.2) is 17.4 Å². The number of nitrogens with zero attached hydrogens (tertiary/aromatic N) is 4. The lowest BCUT2D eigenvalue weighted by molar-refractivity contribution is 0.477. The van der Waals surface area contributed by atoms with E-state index >= 15 is 0 Å². The van der Waals surface area contributed by atoms with Crippen LogP contribution in [-0.2, 0) is 19.6 Å². The Morgan fingerprint density at radius 3 is 2.61 bits per heavy atom. The van der Waals surface area contributed by atoms with Crippen LogP contribution in [0.2, 0.25) is 0 Å². The minimum Gasteiger partial charge on any atom is -0.429 e. The quantitative estimate of drug-likeness (QED) is 0.250. The molecule has 5 rings (SSSR count). The van der Waals surface area contributed by atoms with Crippen molar-refractivity contribution in [1.82, 2.24) is 24.8 Å². The molecule has 0 unspecified atom stereocenters. The molecule has 0 saturated carbocycles. The predicted octanol–water partition coefficient (Wildman–Crippen LogP) is 6.42. The van der Waals surface area contributed by atoms with Gasteiger partial charge in [0.25, 0.3) is 5.19 Å². The van der Waals surface area contributed by atoms with Gasteiger partial charge in [0.2, 0.25) is 0 Å². The number of halogens is 2. The maximum absolute atomic E-state index is 13.7. The van der Waals surface area contributed by atoms with E-state index in [1.54, 1.807) is 24.7 Å². The molecule has 0 radical (unpaired) electrons. The van der Waals surface area contributed by atoms with Gasteiger partial charge in [-0.15, -0.1) is 0 Å². The van der Waals surface area contributed by atoms with Crippen molar-refractivity contribution in [2.75, 3.05) is 0 Å². The summed E-state index contributed by atoms with van der Waals surface area (Å²) >= 11 is 1.42. The van der Waals surface area contributed by atoms with Crippen molar-refractivity contribution in [2.45, 2.75) is 39.4 Å². The molecule has 6 nitrogen and oxygen atoms in total. The number of thiazole rings is 1. The molecular weight excluding hydrogens is 480 g/mol. The Hall–Kier alpha value is -3.69. The minimum atomic E-state index is -0.849. The van der Waals surface area contributed by atoms with Crippen molar-refractivity contribution in [2.24, 2.45) is 0 Å². The molecule has 0 fully saturated rings. The third kappa shape index (κ3) is 5.12. The number of hydrogen-bond acceptors (Lipinski definition) is 6. The second kappa shape index (κ2) is 10.5. The lowest BCUT2D eigenvalue weighted by Crippen LogP contribution is -2.16. The van der Waals surface area contributed by atoms with Crippen molar-refractivity contribution in [1.29, 1.82) is 0 Å².